The van der Waals surface area contributed by atoms with Crippen LogP contribution in [0.1, 0.15) is 20.3 Å². The molecule has 0 spiro atoms. The number of nitrogens with one attached hydrogen (secondary N) is 1. The van der Waals surface area contributed by atoms with E-state index in [-0.39, 0.29) is 23.7 Å². The van der Waals surface area contributed by atoms with E-state index in [0.29, 0.717) is 5.02 Å². The number of benzene rings is 1. The van der Waals surface area contributed by atoms with Crippen LogP contribution in [0.25, 0.3) is 0 Å². The highest BCUT2D eigenvalue weighted by Gasteiger charge is 2.21. The third-order valence-electron chi connectivity index (χ3n) is 2.70. The van der Waals surface area contributed by atoms with Crippen molar-refractivity contribution >= 4 is 28.9 Å². The first-order chi connectivity index (χ1) is 8.81. The Kier molecular flexibility index (Phi) is 5.11. The van der Waals surface area contributed by atoms with E-state index in [2.05, 4.69) is 5.32 Å². The average Bonchev–Trinajstić information content (AvgIpc) is 2.26. The summed E-state index contributed by atoms with van der Waals surface area (Å²) in [6.07, 6.45) is -0.124. The number of carbonyl (C=O) groups is 1. The molecule has 1 aromatic carbocycles. The summed E-state index contributed by atoms with van der Waals surface area (Å²) in [5.41, 5.74) is 0.109. The molecular formula is C12H15ClN2O4. The van der Waals surface area contributed by atoms with Crippen molar-refractivity contribution in [1.29, 1.82) is 0 Å². The van der Waals surface area contributed by atoms with E-state index in [9.17, 15) is 14.9 Å². The van der Waals surface area contributed by atoms with E-state index in [1.165, 1.54) is 18.2 Å². The van der Waals surface area contributed by atoms with Gasteiger partial charge in [-0.2, -0.15) is 0 Å². The normalized spacial score (nSPS) is 12.2. The van der Waals surface area contributed by atoms with Crippen LogP contribution in [-0.4, -0.2) is 22.0 Å². The van der Waals surface area contributed by atoms with Crippen molar-refractivity contribution in [1.82, 2.24) is 0 Å². The number of halogens is 1. The standard InChI is InChI=1S/C12H15ClN2O4/c1-7(2)9(6-12(16)17)14-10-5-8(13)3-4-11(10)15(18)19/h3-5,7,9,14H,6H2,1-2H3,(H,16,17). The molecule has 0 aliphatic rings. The Labute approximate surface area is 115 Å². The Morgan fingerprint density at radius 2 is 2.16 bits per heavy atom. The van der Waals surface area contributed by atoms with E-state index < -0.39 is 16.9 Å². The zero-order valence-electron chi connectivity index (χ0n) is 10.6. The van der Waals surface area contributed by atoms with Crippen LogP contribution in [0.15, 0.2) is 18.2 Å². The molecule has 104 valence electrons. The fourth-order valence-corrected chi connectivity index (χ4v) is 1.80. The minimum Gasteiger partial charge on any atom is -0.481 e. The lowest BCUT2D eigenvalue weighted by Crippen LogP contribution is -2.28. The number of carboxylic acid groups (broad SMARTS) is 1. The van der Waals surface area contributed by atoms with Crippen LogP contribution >= 0.6 is 11.6 Å². The fraction of sp³-hybridized carbons (Fsp3) is 0.417. The lowest BCUT2D eigenvalue weighted by Gasteiger charge is -2.21. The number of nitrogens with zero attached hydrogens (tertiary/aromatic N) is 1. The van der Waals surface area contributed by atoms with Crippen LogP contribution in [0, 0.1) is 16.0 Å². The molecule has 1 unspecified atom stereocenters. The molecule has 0 amide bonds. The smallest absolute Gasteiger partial charge is 0.305 e. The molecule has 0 bridgehead atoms. The quantitative estimate of drug-likeness (QED) is 0.619. The van der Waals surface area contributed by atoms with Crippen LogP contribution in [-0.2, 0) is 4.79 Å². The van der Waals surface area contributed by atoms with Crippen molar-refractivity contribution in [2.24, 2.45) is 5.92 Å². The zero-order valence-corrected chi connectivity index (χ0v) is 11.3. The summed E-state index contributed by atoms with van der Waals surface area (Å²) in [4.78, 5) is 21.2. The van der Waals surface area contributed by atoms with E-state index in [1.54, 1.807) is 0 Å². The van der Waals surface area contributed by atoms with E-state index >= 15 is 0 Å². The van der Waals surface area contributed by atoms with Crippen molar-refractivity contribution in [2.75, 3.05) is 5.32 Å². The number of hydrogen-bond donors (Lipinski definition) is 2. The van der Waals surface area contributed by atoms with Gasteiger partial charge in [-0.15, -0.1) is 0 Å². The molecule has 0 saturated carbocycles. The molecule has 0 aliphatic heterocycles. The molecule has 0 aromatic heterocycles. The SMILES string of the molecule is CC(C)C(CC(=O)O)Nc1cc(Cl)ccc1[N+](=O)[O-]. The van der Waals surface area contributed by atoms with Crippen molar-refractivity contribution in [2.45, 2.75) is 26.3 Å². The first-order valence-electron chi connectivity index (χ1n) is 5.73. The number of hydrogen-bond acceptors (Lipinski definition) is 4. The Morgan fingerprint density at radius 1 is 1.53 bits per heavy atom. The molecular weight excluding hydrogens is 272 g/mol. The van der Waals surface area contributed by atoms with Gasteiger partial charge in [0.2, 0.25) is 0 Å². The highest BCUT2D eigenvalue weighted by molar-refractivity contribution is 6.31. The third-order valence-corrected chi connectivity index (χ3v) is 2.93. The van der Waals surface area contributed by atoms with Gasteiger partial charge >= 0.3 is 5.97 Å². The van der Waals surface area contributed by atoms with Gasteiger partial charge in [-0.05, 0) is 18.1 Å². The largest absolute Gasteiger partial charge is 0.481 e. The Balaban J connectivity index is 3.04. The molecule has 7 heteroatoms. The van der Waals surface area contributed by atoms with Gasteiger partial charge in [-0.25, -0.2) is 0 Å². The second-order valence-corrected chi connectivity index (χ2v) is 4.95. The van der Waals surface area contributed by atoms with Crippen LogP contribution in [0.4, 0.5) is 11.4 Å². The Morgan fingerprint density at radius 3 is 2.63 bits per heavy atom. The predicted octanol–water partition coefficient (Wildman–Crippen LogP) is 3.16. The first kappa shape index (κ1) is 15.2. The fourth-order valence-electron chi connectivity index (χ4n) is 1.62. The number of rotatable bonds is 6. The van der Waals surface area contributed by atoms with E-state index in [4.69, 9.17) is 16.7 Å². The monoisotopic (exact) mass is 286 g/mol. The van der Waals surface area contributed by atoms with Crippen molar-refractivity contribution < 1.29 is 14.8 Å². The Bertz CT molecular complexity index is 491. The maximum atomic E-state index is 10.9. The van der Waals surface area contributed by atoms with E-state index in [1.807, 2.05) is 13.8 Å². The van der Waals surface area contributed by atoms with Gasteiger partial charge in [0.15, 0.2) is 0 Å². The lowest BCUT2D eigenvalue weighted by atomic mass is 10.0. The van der Waals surface area contributed by atoms with Gasteiger partial charge < -0.3 is 10.4 Å². The minimum absolute atomic E-state index is 0.00897. The molecule has 2 N–H and O–H groups in total. The topological polar surface area (TPSA) is 92.5 Å². The molecule has 1 rings (SSSR count). The molecule has 1 atom stereocenters. The maximum absolute atomic E-state index is 10.9. The summed E-state index contributed by atoms with van der Waals surface area (Å²) in [6, 6.07) is 3.74. The van der Waals surface area contributed by atoms with Crippen molar-refractivity contribution in [3.63, 3.8) is 0 Å². The van der Waals surface area contributed by atoms with Crippen LogP contribution in [0.2, 0.25) is 5.02 Å². The van der Waals surface area contributed by atoms with Crippen LogP contribution in [0.5, 0.6) is 0 Å². The second kappa shape index (κ2) is 6.38. The zero-order chi connectivity index (χ0) is 14.6. The number of nitro groups is 1. The molecule has 0 aliphatic carbocycles. The number of nitro benzene ring substituents is 1. The second-order valence-electron chi connectivity index (χ2n) is 4.51. The minimum atomic E-state index is -0.962. The first-order valence-corrected chi connectivity index (χ1v) is 6.11. The third kappa shape index (κ3) is 4.40. The average molecular weight is 287 g/mol. The lowest BCUT2D eigenvalue weighted by molar-refractivity contribution is -0.384. The van der Waals surface area contributed by atoms with Gasteiger partial charge in [-0.3, -0.25) is 14.9 Å². The summed E-state index contributed by atoms with van der Waals surface area (Å²) in [5.74, 6) is -0.953. The Hall–Kier alpha value is -1.82. The predicted molar refractivity (Wildman–Crippen MR) is 72.6 cm³/mol. The summed E-state index contributed by atoms with van der Waals surface area (Å²) in [7, 11) is 0. The van der Waals surface area contributed by atoms with Gasteiger partial charge in [0.25, 0.3) is 5.69 Å². The van der Waals surface area contributed by atoms with Crippen molar-refractivity contribution in [3.8, 4) is 0 Å². The van der Waals surface area contributed by atoms with Crippen LogP contribution < -0.4 is 5.32 Å². The van der Waals surface area contributed by atoms with Gasteiger partial charge in [0, 0.05) is 17.1 Å². The summed E-state index contributed by atoms with van der Waals surface area (Å²) >= 11 is 5.81. The van der Waals surface area contributed by atoms with Crippen LogP contribution in [0.3, 0.4) is 0 Å². The number of aliphatic carboxylic acids is 1. The molecule has 19 heavy (non-hydrogen) atoms. The molecule has 0 heterocycles. The molecule has 6 nitrogen and oxygen atoms in total. The highest BCUT2D eigenvalue weighted by Crippen LogP contribution is 2.29. The van der Waals surface area contributed by atoms with Gasteiger partial charge in [0.1, 0.15) is 5.69 Å². The molecule has 0 radical (unpaired) electrons. The van der Waals surface area contributed by atoms with Crippen molar-refractivity contribution in [3.05, 3.63) is 33.3 Å². The molecule has 0 saturated heterocycles. The van der Waals surface area contributed by atoms with Gasteiger partial charge in [-0.1, -0.05) is 25.4 Å². The molecule has 0 fully saturated rings. The number of carboxylic acids is 1. The number of anilines is 1. The highest BCUT2D eigenvalue weighted by atomic mass is 35.5. The summed E-state index contributed by atoms with van der Waals surface area (Å²) < 4.78 is 0. The molecule has 1 aromatic rings. The summed E-state index contributed by atoms with van der Waals surface area (Å²) in [5, 5.41) is 23.0. The van der Waals surface area contributed by atoms with E-state index in [0.717, 1.165) is 0 Å². The van der Waals surface area contributed by atoms with Gasteiger partial charge in [0.05, 0.1) is 11.3 Å². The summed E-state index contributed by atoms with van der Waals surface area (Å²) in [6.45, 7) is 3.69. The maximum Gasteiger partial charge on any atom is 0.305 e.